The van der Waals surface area contributed by atoms with Gasteiger partial charge in [0.15, 0.2) is 0 Å². The summed E-state index contributed by atoms with van der Waals surface area (Å²) in [6.45, 7) is 12.2. The third kappa shape index (κ3) is 27.7. The lowest BCUT2D eigenvalue weighted by Crippen LogP contribution is -2.33. The largest absolute Gasteiger partial charge is 0.368 e. The average Bonchev–Trinajstić information content (AvgIpc) is 3.06. The smallest absolute Gasteiger partial charge is 0.129 e. The highest BCUT2D eigenvalue weighted by atomic mass is 15.2. The Kier molecular flexibility index (Phi) is 31.1. The first-order valence-electron chi connectivity index (χ1n) is 20.8. The van der Waals surface area contributed by atoms with E-state index in [0.29, 0.717) is 6.04 Å². The van der Waals surface area contributed by atoms with Gasteiger partial charge in [0.25, 0.3) is 0 Å². The summed E-state index contributed by atoms with van der Waals surface area (Å²) in [6, 6.07) is 11.1. The topological polar surface area (TPSA) is 27.6 Å². The minimum atomic E-state index is 0.379. The van der Waals surface area contributed by atoms with Crippen LogP contribution in [-0.4, -0.2) is 36.5 Å². The predicted molar refractivity (Wildman–Crippen MR) is 208 cm³/mol. The number of unbranched alkanes of at least 4 members (excludes halogenated alkanes) is 26. The van der Waals surface area contributed by atoms with Crippen molar-refractivity contribution in [2.45, 2.75) is 214 Å². The minimum Gasteiger partial charge on any atom is -0.368 e. The van der Waals surface area contributed by atoms with Crippen molar-refractivity contribution in [3.05, 3.63) is 35.9 Å². The van der Waals surface area contributed by atoms with E-state index >= 15 is 0 Å². The number of nitrogens with zero attached hydrogens (tertiary/aromatic N) is 2. The fraction of sp³-hybridized carbons (Fsp3) is 0.837. The van der Waals surface area contributed by atoms with Gasteiger partial charge in [0.1, 0.15) is 5.84 Å². The molecule has 1 aromatic carbocycles. The Morgan fingerprint density at radius 3 is 1.15 bits per heavy atom. The molecule has 0 aliphatic carbocycles. The Morgan fingerprint density at radius 2 is 0.826 bits per heavy atom. The number of hydrogen-bond donors (Lipinski definition) is 1. The molecule has 3 heteroatoms. The van der Waals surface area contributed by atoms with Crippen LogP contribution in [0.1, 0.15) is 213 Å². The quantitative estimate of drug-likeness (QED) is 0.0461. The van der Waals surface area contributed by atoms with E-state index in [0.717, 1.165) is 12.5 Å². The van der Waals surface area contributed by atoms with Gasteiger partial charge in [-0.3, -0.25) is 9.89 Å². The summed E-state index contributed by atoms with van der Waals surface area (Å²) in [4.78, 5) is 7.77. The number of benzene rings is 1. The maximum absolute atomic E-state index is 5.13. The second kappa shape index (κ2) is 33.5. The van der Waals surface area contributed by atoms with E-state index in [1.807, 2.05) is 0 Å². The summed E-state index contributed by atoms with van der Waals surface area (Å²) in [5, 5.41) is 3.61. The molecule has 1 rings (SSSR count). The van der Waals surface area contributed by atoms with Gasteiger partial charge in [-0.25, -0.2) is 0 Å². The van der Waals surface area contributed by atoms with E-state index in [1.54, 1.807) is 0 Å². The standard InChI is InChI=1S/C43H81N3/c1-5-7-9-11-13-15-17-19-21-23-25-27-29-34-38-46(40-44-43(45-41(3)4)42-36-32-31-33-37-42)39-35-30-28-26-24-22-20-18-16-14-12-10-8-6-2/h31-33,36-37,41H,5-30,34-35,38-40H2,1-4H3,(H,44,45). The molecule has 0 aliphatic heterocycles. The fourth-order valence-electron chi connectivity index (χ4n) is 6.57. The summed E-state index contributed by atoms with van der Waals surface area (Å²) in [7, 11) is 0. The molecule has 0 saturated carbocycles. The second-order valence-corrected chi connectivity index (χ2v) is 14.6. The van der Waals surface area contributed by atoms with Crippen LogP contribution in [0.2, 0.25) is 0 Å². The summed E-state index contributed by atoms with van der Waals surface area (Å²) >= 11 is 0. The van der Waals surface area contributed by atoms with Crippen molar-refractivity contribution in [1.29, 1.82) is 0 Å². The van der Waals surface area contributed by atoms with Gasteiger partial charge in [0.2, 0.25) is 0 Å². The Hall–Kier alpha value is -1.35. The highest BCUT2D eigenvalue weighted by Crippen LogP contribution is 2.15. The molecule has 0 spiro atoms. The molecule has 0 amide bonds. The zero-order chi connectivity index (χ0) is 33.2. The van der Waals surface area contributed by atoms with Crippen LogP contribution in [-0.2, 0) is 0 Å². The van der Waals surface area contributed by atoms with Crippen molar-refractivity contribution < 1.29 is 0 Å². The molecule has 46 heavy (non-hydrogen) atoms. The van der Waals surface area contributed by atoms with Crippen molar-refractivity contribution in [2.24, 2.45) is 4.99 Å². The summed E-state index contributed by atoms with van der Waals surface area (Å²) in [5.41, 5.74) is 1.20. The third-order valence-electron chi connectivity index (χ3n) is 9.56. The van der Waals surface area contributed by atoms with Gasteiger partial charge in [-0.15, -0.1) is 0 Å². The van der Waals surface area contributed by atoms with Crippen LogP contribution in [0.25, 0.3) is 0 Å². The molecule has 0 saturated heterocycles. The predicted octanol–water partition coefficient (Wildman–Crippen LogP) is 13.7. The van der Waals surface area contributed by atoms with Crippen LogP contribution in [0, 0.1) is 0 Å². The SMILES string of the molecule is CCCCCCCCCCCCCCCCN(CCCCCCCCCCCCCCCC)CN=C(NC(C)C)c1ccccc1. The van der Waals surface area contributed by atoms with Gasteiger partial charge in [-0.05, 0) is 39.8 Å². The maximum Gasteiger partial charge on any atom is 0.129 e. The Labute approximate surface area is 289 Å². The monoisotopic (exact) mass is 640 g/mol. The molecule has 0 heterocycles. The van der Waals surface area contributed by atoms with E-state index in [9.17, 15) is 0 Å². The first kappa shape index (κ1) is 42.7. The minimum absolute atomic E-state index is 0.379. The van der Waals surface area contributed by atoms with Gasteiger partial charge < -0.3 is 5.32 Å². The van der Waals surface area contributed by atoms with Crippen LogP contribution < -0.4 is 5.32 Å². The van der Waals surface area contributed by atoms with E-state index in [-0.39, 0.29) is 0 Å². The molecule has 0 bridgehead atoms. The first-order chi connectivity index (χ1) is 22.7. The van der Waals surface area contributed by atoms with Gasteiger partial charge in [0.05, 0.1) is 6.67 Å². The van der Waals surface area contributed by atoms with Crippen LogP contribution in [0.4, 0.5) is 0 Å². The van der Waals surface area contributed by atoms with Crippen molar-refractivity contribution in [2.75, 3.05) is 19.8 Å². The average molecular weight is 640 g/mol. The zero-order valence-electron chi connectivity index (χ0n) is 31.8. The van der Waals surface area contributed by atoms with Crippen molar-refractivity contribution >= 4 is 5.84 Å². The molecule has 0 fully saturated rings. The highest BCUT2D eigenvalue weighted by Gasteiger charge is 2.08. The fourth-order valence-corrected chi connectivity index (χ4v) is 6.57. The van der Waals surface area contributed by atoms with E-state index < -0.39 is 0 Å². The summed E-state index contributed by atoms with van der Waals surface area (Å²) in [6.07, 6.45) is 39.8. The lowest BCUT2D eigenvalue weighted by molar-refractivity contribution is 0.268. The summed E-state index contributed by atoms with van der Waals surface area (Å²) < 4.78 is 0. The Bertz CT molecular complexity index is 727. The van der Waals surface area contributed by atoms with E-state index in [4.69, 9.17) is 4.99 Å². The third-order valence-corrected chi connectivity index (χ3v) is 9.56. The lowest BCUT2D eigenvalue weighted by Gasteiger charge is -2.22. The maximum atomic E-state index is 5.13. The van der Waals surface area contributed by atoms with Gasteiger partial charge >= 0.3 is 0 Å². The molecule has 0 atom stereocenters. The molecule has 3 nitrogen and oxygen atoms in total. The molecule has 0 radical (unpaired) electrons. The van der Waals surface area contributed by atoms with Crippen LogP contribution in [0.3, 0.4) is 0 Å². The van der Waals surface area contributed by atoms with Crippen LogP contribution in [0.15, 0.2) is 35.3 Å². The number of aliphatic imine (C=N–C) groups is 1. The number of nitrogens with one attached hydrogen (secondary N) is 1. The normalized spacial score (nSPS) is 12.1. The molecule has 0 aromatic heterocycles. The number of amidine groups is 1. The zero-order valence-corrected chi connectivity index (χ0v) is 31.8. The molecule has 0 unspecified atom stereocenters. The summed E-state index contributed by atoms with van der Waals surface area (Å²) in [5.74, 6) is 1.04. The first-order valence-corrected chi connectivity index (χ1v) is 20.8. The Morgan fingerprint density at radius 1 is 0.500 bits per heavy atom. The highest BCUT2D eigenvalue weighted by molar-refractivity contribution is 5.98. The van der Waals surface area contributed by atoms with E-state index in [1.165, 1.54) is 198 Å². The van der Waals surface area contributed by atoms with Crippen molar-refractivity contribution in [3.8, 4) is 0 Å². The number of hydrogen-bond acceptors (Lipinski definition) is 2. The van der Waals surface area contributed by atoms with Crippen molar-refractivity contribution in [1.82, 2.24) is 10.2 Å². The molecule has 1 aromatic rings. The van der Waals surface area contributed by atoms with Crippen LogP contribution >= 0.6 is 0 Å². The molecular weight excluding hydrogens is 558 g/mol. The van der Waals surface area contributed by atoms with Gasteiger partial charge in [0, 0.05) is 11.6 Å². The molecule has 1 N–H and O–H groups in total. The lowest BCUT2D eigenvalue weighted by atomic mass is 10.0. The van der Waals surface area contributed by atoms with Gasteiger partial charge in [-0.2, -0.15) is 0 Å². The molecular formula is C43H81N3. The Balaban J connectivity index is 2.31. The molecule has 0 aliphatic rings. The van der Waals surface area contributed by atoms with Crippen molar-refractivity contribution in [3.63, 3.8) is 0 Å². The number of rotatable bonds is 34. The van der Waals surface area contributed by atoms with Gasteiger partial charge in [-0.1, -0.05) is 211 Å². The van der Waals surface area contributed by atoms with E-state index in [2.05, 4.69) is 68.2 Å². The van der Waals surface area contributed by atoms with Crippen LogP contribution in [0.5, 0.6) is 0 Å². The second-order valence-electron chi connectivity index (χ2n) is 14.6. The molecule has 268 valence electrons.